The van der Waals surface area contributed by atoms with Crippen LogP contribution in [-0.2, 0) is 20.1 Å². The number of aromatic nitrogens is 6. The first kappa shape index (κ1) is 23.2. The number of para-hydroxylation sites is 1. The van der Waals surface area contributed by atoms with Crippen LogP contribution < -0.4 is 16.1 Å². The maximum atomic E-state index is 13.7. The molecule has 0 radical (unpaired) electrons. The number of imidazole rings is 1. The Kier molecular flexibility index (Phi) is 6.24. The van der Waals surface area contributed by atoms with Crippen LogP contribution in [0.4, 0.5) is 5.95 Å². The normalized spacial score (nSPS) is 11.3. The lowest BCUT2D eigenvalue weighted by atomic mass is 10.2. The van der Waals surface area contributed by atoms with Gasteiger partial charge in [0, 0.05) is 31.7 Å². The first-order valence-corrected chi connectivity index (χ1v) is 11.3. The number of fused-ring (bicyclic) bond motifs is 2. The third kappa shape index (κ3) is 4.07. The molecule has 0 spiro atoms. The smallest absolute Gasteiger partial charge is 0.332 e. The fourth-order valence-electron chi connectivity index (χ4n) is 4.24. The van der Waals surface area contributed by atoms with Crippen molar-refractivity contribution in [3.63, 3.8) is 0 Å². The van der Waals surface area contributed by atoms with Gasteiger partial charge in [-0.3, -0.25) is 18.5 Å². The van der Waals surface area contributed by atoms with Gasteiger partial charge in [-0.2, -0.15) is 4.98 Å². The zero-order chi connectivity index (χ0) is 24.6. The fourth-order valence-corrected chi connectivity index (χ4v) is 4.24. The van der Waals surface area contributed by atoms with Gasteiger partial charge in [0.05, 0.1) is 18.6 Å². The molecule has 0 fully saturated rings. The molecular formula is C25H29N7O2. The Morgan fingerprint density at radius 2 is 1.82 bits per heavy atom. The summed E-state index contributed by atoms with van der Waals surface area (Å²) in [4.78, 5) is 42.7. The topological polar surface area (TPSA) is 90.8 Å². The lowest BCUT2D eigenvalue weighted by Gasteiger charge is -2.20. The molecule has 3 heterocycles. The summed E-state index contributed by atoms with van der Waals surface area (Å²) in [6, 6.07) is 7.68. The molecule has 1 aromatic carbocycles. The van der Waals surface area contributed by atoms with Gasteiger partial charge in [0.25, 0.3) is 5.56 Å². The number of rotatable bonds is 6. The van der Waals surface area contributed by atoms with Gasteiger partial charge in [-0.25, -0.2) is 14.8 Å². The Balaban J connectivity index is 1.93. The van der Waals surface area contributed by atoms with E-state index in [0.717, 1.165) is 23.1 Å². The van der Waals surface area contributed by atoms with Crippen LogP contribution >= 0.6 is 0 Å². The van der Waals surface area contributed by atoms with Gasteiger partial charge in [-0.1, -0.05) is 38.0 Å². The molecule has 0 aliphatic rings. The largest absolute Gasteiger partial charge is 0.345 e. The van der Waals surface area contributed by atoms with Gasteiger partial charge in [0.1, 0.15) is 5.82 Å². The van der Waals surface area contributed by atoms with Crippen LogP contribution in [0.2, 0.25) is 0 Å². The number of aryl methyl sites for hydroxylation is 2. The van der Waals surface area contributed by atoms with Crippen molar-refractivity contribution in [1.82, 2.24) is 28.7 Å². The summed E-state index contributed by atoms with van der Waals surface area (Å²) in [5.41, 5.74) is 1.36. The number of anilines is 1. The number of hydrogen-bond donors (Lipinski definition) is 0. The lowest BCUT2D eigenvalue weighted by Crippen LogP contribution is -2.40. The van der Waals surface area contributed by atoms with Crippen LogP contribution in [0.25, 0.3) is 22.1 Å². The van der Waals surface area contributed by atoms with E-state index in [9.17, 15) is 9.59 Å². The minimum absolute atomic E-state index is 0.0328. The van der Waals surface area contributed by atoms with Crippen molar-refractivity contribution in [3.8, 4) is 11.8 Å². The van der Waals surface area contributed by atoms with Crippen molar-refractivity contribution in [2.75, 3.05) is 18.5 Å². The standard InChI is InChI=1S/C25H29N7O2/c1-7-8-13-31-21-22(28-24(31)29(5)14-16(2)3)30(6)25(34)32(23(21)33)15-20-26-17(4)18-11-9-10-12-19(18)27-20/h9-12,16H,13-15H2,1-6H3. The van der Waals surface area contributed by atoms with E-state index in [4.69, 9.17) is 0 Å². The van der Waals surface area contributed by atoms with Gasteiger partial charge >= 0.3 is 5.69 Å². The van der Waals surface area contributed by atoms with Crippen LogP contribution in [0.15, 0.2) is 33.9 Å². The third-order valence-electron chi connectivity index (χ3n) is 5.75. The first-order valence-electron chi connectivity index (χ1n) is 11.3. The fraction of sp³-hybridized carbons (Fsp3) is 0.400. The molecule has 4 rings (SSSR count). The molecule has 0 unspecified atom stereocenters. The Bertz CT molecular complexity index is 1560. The molecule has 0 aliphatic heterocycles. The molecule has 4 aromatic rings. The predicted octanol–water partition coefficient (Wildman–Crippen LogP) is 2.31. The molecule has 0 amide bonds. The molecule has 176 valence electrons. The highest BCUT2D eigenvalue weighted by molar-refractivity contribution is 5.80. The average Bonchev–Trinajstić information content (AvgIpc) is 3.18. The zero-order valence-corrected chi connectivity index (χ0v) is 20.5. The highest BCUT2D eigenvalue weighted by Gasteiger charge is 2.23. The molecule has 0 atom stereocenters. The summed E-state index contributed by atoms with van der Waals surface area (Å²) in [5.74, 6) is 7.33. The van der Waals surface area contributed by atoms with Gasteiger partial charge in [-0.05, 0) is 25.8 Å². The van der Waals surface area contributed by atoms with Gasteiger partial charge in [0.2, 0.25) is 5.95 Å². The average molecular weight is 460 g/mol. The van der Waals surface area contributed by atoms with E-state index in [1.807, 2.05) is 43.1 Å². The van der Waals surface area contributed by atoms with Crippen LogP contribution in [-0.4, -0.2) is 42.2 Å². The third-order valence-corrected chi connectivity index (χ3v) is 5.75. The quantitative estimate of drug-likeness (QED) is 0.411. The molecule has 0 saturated heterocycles. The van der Waals surface area contributed by atoms with E-state index in [1.54, 1.807) is 18.5 Å². The summed E-state index contributed by atoms with van der Waals surface area (Å²) in [6.07, 6.45) is 0. The number of benzene rings is 1. The van der Waals surface area contributed by atoms with Crippen LogP contribution in [0.5, 0.6) is 0 Å². The minimum atomic E-state index is -0.462. The monoisotopic (exact) mass is 459 g/mol. The highest BCUT2D eigenvalue weighted by Crippen LogP contribution is 2.20. The highest BCUT2D eigenvalue weighted by atomic mass is 16.2. The van der Waals surface area contributed by atoms with Crippen molar-refractivity contribution in [2.24, 2.45) is 13.0 Å². The molecule has 0 saturated carbocycles. The summed E-state index contributed by atoms with van der Waals surface area (Å²) < 4.78 is 4.38. The molecule has 9 nitrogen and oxygen atoms in total. The van der Waals surface area contributed by atoms with E-state index in [-0.39, 0.29) is 6.54 Å². The van der Waals surface area contributed by atoms with E-state index in [0.29, 0.717) is 35.4 Å². The number of hydrogen-bond acceptors (Lipinski definition) is 6. The van der Waals surface area contributed by atoms with E-state index in [1.165, 1.54) is 9.13 Å². The number of nitrogens with zero attached hydrogens (tertiary/aromatic N) is 7. The Morgan fingerprint density at radius 3 is 2.53 bits per heavy atom. The molecular weight excluding hydrogens is 430 g/mol. The van der Waals surface area contributed by atoms with Crippen molar-refractivity contribution < 1.29 is 0 Å². The van der Waals surface area contributed by atoms with E-state index >= 15 is 0 Å². The zero-order valence-electron chi connectivity index (χ0n) is 20.5. The SMILES string of the molecule is CC#CCn1c(N(C)CC(C)C)nc2c1c(=O)n(Cc1nc(C)c3ccccc3n1)c(=O)n2C. The van der Waals surface area contributed by atoms with Gasteiger partial charge in [-0.15, -0.1) is 5.92 Å². The van der Waals surface area contributed by atoms with Crippen molar-refractivity contribution in [1.29, 1.82) is 0 Å². The summed E-state index contributed by atoms with van der Waals surface area (Å²) in [6.45, 7) is 8.89. The minimum Gasteiger partial charge on any atom is -0.345 e. The first-order chi connectivity index (χ1) is 16.2. The maximum Gasteiger partial charge on any atom is 0.332 e. The summed E-state index contributed by atoms with van der Waals surface area (Å²) in [7, 11) is 3.56. The lowest BCUT2D eigenvalue weighted by molar-refractivity contribution is 0.621. The van der Waals surface area contributed by atoms with Crippen LogP contribution in [0.3, 0.4) is 0 Å². The summed E-state index contributed by atoms with van der Waals surface area (Å²) in [5, 5.41) is 0.941. The second kappa shape index (κ2) is 9.14. The molecule has 0 aliphatic carbocycles. The Hall–Kier alpha value is -3.93. The van der Waals surface area contributed by atoms with Crippen molar-refractivity contribution in [3.05, 3.63) is 56.6 Å². The second-order valence-electron chi connectivity index (χ2n) is 8.85. The second-order valence-corrected chi connectivity index (χ2v) is 8.85. The summed E-state index contributed by atoms with van der Waals surface area (Å²) >= 11 is 0. The maximum absolute atomic E-state index is 13.7. The Morgan fingerprint density at radius 1 is 1.09 bits per heavy atom. The predicted molar refractivity (Wildman–Crippen MR) is 134 cm³/mol. The Labute approximate surface area is 197 Å². The van der Waals surface area contributed by atoms with E-state index in [2.05, 4.69) is 40.6 Å². The van der Waals surface area contributed by atoms with Crippen molar-refractivity contribution >= 4 is 28.0 Å². The van der Waals surface area contributed by atoms with E-state index < -0.39 is 11.2 Å². The molecule has 0 bridgehead atoms. The van der Waals surface area contributed by atoms with Crippen molar-refractivity contribution in [2.45, 2.75) is 40.8 Å². The van der Waals surface area contributed by atoms with Gasteiger partial charge in [0.15, 0.2) is 11.2 Å². The van der Waals surface area contributed by atoms with Crippen LogP contribution in [0.1, 0.15) is 32.3 Å². The van der Waals surface area contributed by atoms with Crippen LogP contribution in [0, 0.1) is 24.7 Å². The molecule has 9 heteroatoms. The molecule has 3 aromatic heterocycles. The van der Waals surface area contributed by atoms with Gasteiger partial charge < -0.3 is 4.90 Å². The molecule has 34 heavy (non-hydrogen) atoms. The molecule has 0 N–H and O–H groups in total.